The second-order valence-electron chi connectivity index (χ2n) is 4.03. The monoisotopic (exact) mass is 289 g/mol. The SMILES string of the molecule is Fc1ccc(C#CCCl)c(OCCc2ccncc2)c1. The van der Waals surface area contributed by atoms with Crippen LogP contribution in [0.2, 0.25) is 0 Å². The first-order valence-electron chi connectivity index (χ1n) is 6.15. The van der Waals surface area contributed by atoms with E-state index in [1.165, 1.54) is 12.1 Å². The topological polar surface area (TPSA) is 22.1 Å². The Labute approximate surface area is 122 Å². The van der Waals surface area contributed by atoms with Gasteiger partial charge in [0.15, 0.2) is 0 Å². The molecule has 2 rings (SSSR count). The summed E-state index contributed by atoms with van der Waals surface area (Å²) in [6, 6.07) is 8.13. The zero-order valence-corrected chi connectivity index (χ0v) is 11.5. The van der Waals surface area contributed by atoms with E-state index in [2.05, 4.69) is 16.8 Å². The quantitative estimate of drug-likeness (QED) is 0.635. The standard InChI is InChI=1S/C16H13ClFNO/c17-8-1-2-14-3-4-15(18)12-16(14)20-11-7-13-5-9-19-10-6-13/h3-6,9-10,12H,7-8,11H2. The van der Waals surface area contributed by atoms with Crippen LogP contribution in [0.4, 0.5) is 4.39 Å². The summed E-state index contributed by atoms with van der Waals surface area (Å²) < 4.78 is 18.9. The number of pyridine rings is 1. The lowest BCUT2D eigenvalue weighted by atomic mass is 10.2. The molecule has 0 unspecified atom stereocenters. The normalized spacial score (nSPS) is 9.70. The van der Waals surface area contributed by atoms with Crippen LogP contribution in [0.5, 0.6) is 5.75 Å². The first-order valence-corrected chi connectivity index (χ1v) is 6.69. The lowest BCUT2D eigenvalue weighted by molar-refractivity contribution is 0.319. The van der Waals surface area contributed by atoms with Crippen LogP contribution in [-0.2, 0) is 6.42 Å². The molecular formula is C16H13ClFNO. The summed E-state index contributed by atoms with van der Waals surface area (Å²) in [5, 5.41) is 0. The molecule has 0 bridgehead atoms. The smallest absolute Gasteiger partial charge is 0.137 e. The number of ether oxygens (including phenoxy) is 1. The molecule has 1 aromatic heterocycles. The molecule has 0 spiro atoms. The molecule has 4 heteroatoms. The van der Waals surface area contributed by atoms with Crippen LogP contribution < -0.4 is 4.74 Å². The molecule has 1 heterocycles. The van der Waals surface area contributed by atoms with Gasteiger partial charge in [-0.25, -0.2) is 4.39 Å². The molecule has 2 aromatic rings. The largest absolute Gasteiger partial charge is 0.492 e. The Morgan fingerprint density at radius 1 is 1.20 bits per heavy atom. The van der Waals surface area contributed by atoms with Crippen molar-refractivity contribution in [3.8, 4) is 17.6 Å². The molecule has 0 fully saturated rings. The van der Waals surface area contributed by atoms with Crippen molar-refractivity contribution in [3.05, 3.63) is 59.7 Å². The number of aromatic nitrogens is 1. The van der Waals surface area contributed by atoms with E-state index >= 15 is 0 Å². The molecule has 102 valence electrons. The van der Waals surface area contributed by atoms with E-state index < -0.39 is 0 Å². The summed E-state index contributed by atoms with van der Waals surface area (Å²) in [7, 11) is 0. The summed E-state index contributed by atoms with van der Waals surface area (Å²) in [4.78, 5) is 3.95. The zero-order chi connectivity index (χ0) is 14.2. The Kier molecular flexibility index (Phi) is 5.40. The Balaban J connectivity index is 2.03. The van der Waals surface area contributed by atoms with Gasteiger partial charge in [0.05, 0.1) is 18.1 Å². The molecule has 0 radical (unpaired) electrons. The number of nitrogens with zero attached hydrogens (tertiary/aromatic N) is 1. The maximum absolute atomic E-state index is 13.3. The van der Waals surface area contributed by atoms with Gasteiger partial charge in [-0.05, 0) is 29.8 Å². The van der Waals surface area contributed by atoms with Crippen LogP contribution in [0.1, 0.15) is 11.1 Å². The highest BCUT2D eigenvalue weighted by molar-refractivity contribution is 6.19. The van der Waals surface area contributed by atoms with Crippen molar-refractivity contribution < 1.29 is 9.13 Å². The summed E-state index contributed by atoms with van der Waals surface area (Å²) in [6.07, 6.45) is 4.19. The van der Waals surface area contributed by atoms with Gasteiger partial charge in [0.1, 0.15) is 11.6 Å². The first-order chi connectivity index (χ1) is 9.79. The van der Waals surface area contributed by atoms with Crippen molar-refractivity contribution in [3.63, 3.8) is 0 Å². The van der Waals surface area contributed by atoms with Crippen molar-refractivity contribution in [2.75, 3.05) is 12.5 Å². The van der Waals surface area contributed by atoms with E-state index in [9.17, 15) is 4.39 Å². The lowest BCUT2D eigenvalue weighted by Crippen LogP contribution is -2.03. The van der Waals surface area contributed by atoms with E-state index in [-0.39, 0.29) is 11.7 Å². The van der Waals surface area contributed by atoms with Gasteiger partial charge in [0.25, 0.3) is 0 Å². The van der Waals surface area contributed by atoms with Crippen LogP contribution in [-0.4, -0.2) is 17.5 Å². The molecule has 0 saturated heterocycles. The third-order valence-corrected chi connectivity index (χ3v) is 2.76. The molecule has 0 amide bonds. The van der Waals surface area contributed by atoms with Crippen molar-refractivity contribution in [2.45, 2.75) is 6.42 Å². The van der Waals surface area contributed by atoms with Gasteiger partial charge in [-0.1, -0.05) is 11.8 Å². The fourth-order valence-corrected chi connectivity index (χ4v) is 1.74. The minimum Gasteiger partial charge on any atom is -0.492 e. The average molecular weight is 290 g/mol. The Morgan fingerprint density at radius 3 is 2.75 bits per heavy atom. The number of benzene rings is 1. The highest BCUT2D eigenvalue weighted by Gasteiger charge is 2.04. The highest BCUT2D eigenvalue weighted by atomic mass is 35.5. The van der Waals surface area contributed by atoms with Crippen LogP contribution >= 0.6 is 11.6 Å². The van der Waals surface area contributed by atoms with Gasteiger partial charge >= 0.3 is 0 Å². The highest BCUT2D eigenvalue weighted by Crippen LogP contribution is 2.19. The fraction of sp³-hybridized carbons (Fsp3) is 0.188. The second-order valence-corrected chi connectivity index (χ2v) is 4.30. The number of halogens is 2. The molecule has 0 aliphatic heterocycles. The van der Waals surface area contributed by atoms with Gasteiger partial charge in [-0.3, -0.25) is 4.98 Å². The number of rotatable bonds is 4. The molecule has 2 nitrogen and oxygen atoms in total. The van der Waals surface area contributed by atoms with Crippen LogP contribution in [0.3, 0.4) is 0 Å². The Bertz CT molecular complexity index is 619. The predicted molar refractivity (Wildman–Crippen MR) is 77.4 cm³/mol. The molecule has 1 aromatic carbocycles. The van der Waals surface area contributed by atoms with Crippen molar-refractivity contribution in [1.82, 2.24) is 4.98 Å². The minimum atomic E-state index is -0.347. The third kappa shape index (κ3) is 4.25. The molecule has 20 heavy (non-hydrogen) atoms. The lowest BCUT2D eigenvalue weighted by Gasteiger charge is -2.08. The van der Waals surface area contributed by atoms with E-state index in [0.717, 1.165) is 12.0 Å². The minimum absolute atomic E-state index is 0.230. The summed E-state index contributed by atoms with van der Waals surface area (Å²) in [6.45, 7) is 0.447. The van der Waals surface area contributed by atoms with E-state index in [0.29, 0.717) is 17.9 Å². The van der Waals surface area contributed by atoms with Gasteiger partial charge in [-0.2, -0.15) is 0 Å². The van der Waals surface area contributed by atoms with Gasteiger partial charge in [-0.15, -0.1) is 11.6 Å². The molecule has 0 aliphatic carbocycles. The van der Waals surface area contributed by atoms with Crippen molar-refractivity contribution in [1.29, 1.82) is 0 Å². The van der Waals surface area contributed by atoms with Crippen LogP contribution in [0.15, 0.2) is 42.7 Å². The maximum atomic E-state index is 13.3. The van der Waals surface area contributed by atoms with Gasteiger partial charge in [0, 0.05) is 24.9 Å². The zero-order valence-electron chi connectivity index (χ0n) is 10.8. The Morgan fingerprint density at radius 2 is 2.00 bits per heavy atom. The number of hydrogen-bond donors (Lipinski definition) is 0. The number of alkyl halides is 1. The fourth-order valence-electron chi connectivity index (χ4n) is 1.68. The van der Waals surface area contributed by atoms with E-state index in [4.69, 9.17) is 16.3 Å². The van der Waals surface area contributed by atoms with Crippen LogP contribution in [0.25, 0.3) is 0 Å². The third-order valence-electron chi connectivity index (χ3n) is 2.63. The molecular weight excluding hydrogens is 277 g/mol. The van der Waals surface area contributed by atoms with Crippen molar-refractivity contribution >= 4 is 11.6 Å². The number of hydrogen-bond acceptors (Lipinski definition) is 2. The van der Waals surface area contributed by atoms with Crippen LogP contribution in [0, 0.1) is 17.7 Å². The summed E-state index contributed by atoms with van der Waals surface area (Å²) >= 11 is 5.53. The van der Waals surface area contributed by atoms with Gasteiger partial charge < -0.3 is 4.74 Å². The summed E-state index contributed by atoms with van der Waals surface area (Å²) in [5.74, 6) is 5.92. The van der Waals surface area contributed by atoms with Gasteiger partial charge in [0.2, 0.25) is 0 Å². The molecule has 0 saturated carbocycles. The molecule has 0 N–H and O–H groups in total. The molecule has 0 aliphatic rings. The molecule has 0 atom stereocenters. The van der Waals surface area contributed by atoms with Crippen molar-refractivity contribution in [2.24, 2.45) is 0 Å². The average Bonchev–Trinajstić information content (AvgIpc) is 2.47. The summed E-state index contributed by atoms with van der Waals surface area (Å²) in [5.41, 5.74) is 1.76. The van der Waals surface area contributed by atoms with E-state index in [1.807, 2.05) is 12.1 Å². The second kappa shape index (κ2) is 7.52. The van der Waals surface area contributed by atoms with E-state index in [1.54, 1.807) is 18.5 Å². The predicted octanol–water partition coefficient (Wildman–Crippen LogP) is 3.43. The maximum Gasteiger partial charge on any atom is 0.137 e. The Hall–Kier alpha value is -2.05. The first kappa shape index (κ1) is 14.4.